The Morgan fingerprint density at radius 3 is 2.60 bits per heavy atom. The molecule has 1 aromatic rings. The van der Waals surface area contributed by atoms with E-state index < -0.39 is 0 Å². The monoisotopic (exact) mass is 275 g/mol. The van der Waals surface area contributed by atoms with E-state index in [0.29, 0.717) is 0 Å². The molecule has 0 aromatic heterocycles. The van der Waals surface area contributed by atoms with Crippen LogP contribution >= 0.6 is 0 Å². The molecule has 0 spiro atoms. The van der Waals surface area contributed by atoms with E-state index in [9.17, 15) is 5.11 Å². The number of aliphatic hydroxyl groups is 1. The van der Waals surface area contributed by atoms with Crippen LogP contribution in [0.2, 0.25) is 0 Å². The van der Waals surface area contributed by atoms with Crippen molar-refractivity contribution in [2.24, 2.45) is 5.92 Å². The SMILES string of the molecule is Cc1ccccc1C(O)CCN(C)CC1CCCCC1. The second kappa shape index (κ2) is 7.80. The Morgan fingerprint density at radius 1 is 1.20 bits per heavy atom. The molecule has 2 nitrogen and oxygen atoms in total. The molecule has 112 valence electrons. The van der Waals surface area contributed by atoms with Crippen molar-refractivity contribution in [3.63, 3.8) is 0 Å². The smallest absolute Gasteiger partial charge is 0.0804 e. The lowest BCUT2D eigenvalue weighted by Gasteiger charge is -2.27. The van der Waals surface area contributed by atoms with Crippen LogP contribution in [0.3, 0.4) is 0 Å². The van der Waals surface area contributed by atoms with Crippen LogP contribution in [0.15, 0.2) is 24.3 Å². The van der Waals surface area contributed by atoms with E-state index in [-0.39, 0.29) is 6.10 Å². The summed E-state index contributed by atoms with van der Waals surface area (Å²) in [6.07, 6.45) is 7.52. The van der Waals surface area contributed by atoms with E-state index in [4.69, 9.17) is 0 Å². The molecule has 0 heterocycles. The molecule has 0 amide bonds. The first-order chi connectivity index (χ1) is 9.66. The van der Waals surface area contributed by atoms with Crippen molar-refractivity contribution in [2.45, 2.75) is 51.6 Å². The fraction of sp³-hybridized carbons (Fsp3) is 0.667. The zero-order valence-corrected chi connectivity index (χ0v) is 13.0. The number of nitrogens with zero attached hydrogens (tertiary/aromatic N) is 1. The Morgan fingerprint density at radius 2 is 1.90 bits per heavy atom. The van der Waals surface area contributed by atoms with Gasteiger partial charge in [0.1, 0.15) is 0 Å². The van der Waals surface area contributed by atoms with Crippen molar-refractivity contribution in [1.82, 2.24) is 4.90 Å². The normalized spacial score (nSPS) is 18.4. The molecule has 0 saturated heterocycles. The van der Waals surface area contributed by atoms with Gasteiger partial charge < -0.3 is 10.0 Å². The lowest BCUT2D eigenvalue weighted by molar-refractivity contribution is 0.140. The van der Waals surface area contributed by atoms with Crippen LogP contribution in [0.4, 0.5) is 0 Å². The summed E-state index contributed by atoms with van der Waals surface area (Å²) in [4.78, 5) is 2.40. The number of hydrogen-bond donors (Lipinski definition) is 1. The molecule has 0 aliphatic heterocycles. The van der Waals surface area contributed by atoms with Gasteiger partial charge in [0.25, 0.3) is 0 Å². The molecule has 1 N–H and O–H groups in total. The number of aliphatic hydroxyl groups excluding tert-OH is 1. The summed E-state index contributed by atoms with van der Waals surface area (Å²) in [5.74, 6) is 0.879. The molecule has 0 bridgehead atoms. The van der Waals surface area contributed by atoms with E-state index in [0.717, 1.165) is 24.4 Å². The summed E-state index contributed by atoms with van der Waals surface area (Å²) < 4.78 is 0. The summed E-state index contributed by atoms with van der Waals surface area (Å²) in [7, 11) is 2.19. The minimum Gasteiger partial charge on any atom is -0.388 e. The minimum atomic E-state index is -0.329. The highest BCUT2D eigenvalue weighted by Gasteiger charge is 2.16. The maximum Gasteiger partial charge on any atom is 0.0804 e. The van der Waals surface area contributed by atoms with E-state index in [1.165, 1.54) is 44.2 Å². The highest BCUT2D eigenvalue weighted by Crippen LogP contribution is 2.25. The van der Waals surface area contributed by atoms with Crippen LogP contribution in [-0.2, 0) is 0 Å². The van der Waals surface area contributed by atoms with Gasteiger partial charge in [-0.3, -0.25) is 0 Å². The average Bonchev–Trinajstić information content (AvgIpc) is 2.46. The number of benzene rings is 1. The number of aryl methyl sites for hydroxylation is 1. The lowest BCUT2D eigenvalue weighted by atomic mass is 9.89. The van der Waals surface area contributed by atoms with Crippen molar-refractivity contribution in [1.29, 1.82) is 0 Å². The highest BCUT2D eigenvalue weighted by molar-refractivity contribution is 5.27. The fourth-order valence-electron chi connectivity index (χ4n) is 3.36. The Kier molecular flexibility index (Phi) is 6.06. The van der Waals surface area contributed by atoms with E-state index in [1.54, 1.807) is 0 Å². The van der Waals surface area contributed by atoms with Gasteiger partial charge in [0.05, 0.1) is 6.10 Å². The summed E-state index contributed by atoms with van der Waals surface area (Å²) >= 11 is 0. The molecule has 2 rings (SSSR count). The van der Waals surface area contributed by atoms with E-state index >= 15 is 0 Å². The first-order valence-corrected chi connectivity index (χ1v) is 8.09. The van der Waals surface area contributed by atoms with Gasteiger partial charge in [-0.25, -0.2) is 0 Å². The van der Waals surface area contributed by atoms with Gasteiger partial charge in [-0.15, -0.1) is 0 Å². The van der Waals surface area contributed by atoms with Crippen LogP contribution in [0, 0.1) is 12.8 Å². The van der Waals surface area contributed by atoms with E-state index in [2.05, 4.69) is 24.9 Å². The van der Waals surface area contributed by atoms with Crippen molar-refractivity contribution >= 4 is 0 Å². The molecular weight excluding hydrogens is 246 g/mol. The first kappa shape index (κ1) is 15.5. The van der Waals surface area contributed by atoms with Crippen LogP contribution in [0.1, 0.15) is 55.8 Å². The van der Waals surface area contributed by atoms with Crippen molar-refractivity contribution in [2.75, 3.05) is 20.1 Å². The van der Waals surface area contributed by atoms with Gasteiger partial charge in [0.2, 0.25) is 0 Å². The predicted molar refractivity (Wildman–Crippen MR) is 84.8 cm³/mol. The molecule has 1 unspecified atom stereocenters. The van der Waals surface area contributed by atoms with Gasteiger partial charge in [0.15, 0.2) is 0 Å². The molecule has 1 saturated carbocycles. The van der Waals surface area contributed by atoms with Gasteiger partial charge in [-0.05, 0) is 50.3 Å². The van der Waals surface area contributed by atoms with Crippen LogP contribution in [0.5, 0.6) is 0 Å². The van der Waals surface area contributed by atoms with Crippen LogP contribution in [0.25, 0.3) is 0 Å². The topological polar surface area (TPSA) is 23.5 Å². The molecule has 1 aliphatic carbocycles. The van der Waals surface area contributed by atoms with Gasteiger partial charge in [0, 0.05) is 13.1 Å². The van der Waals surface area contributed by atoms with Crippen LogP contribution < -0.4 is 0 Å². The Labute approximate surface area is 123 Å². The third-order valence-corrected chi connectivity index (χ3v) is 4.63. The summed E-state index contributed by atoms with van der Waals surface area (Å²) in [6.45, 7) is 4.25. The Hall–Kier alpha value is -0.860. The Bertz CT molecular complexity index is 398. The molecule has 2 heteroatoms. The zero-order chi connectivity index (χ0) is 14.4. The fourth-order valence-corrected chi connectivity index (χ4v) is 3.36. The minimum absolute atomic E-state index is 0.329. The Balaban J connectivity index is 1.75. The summed E-state index contributed by atoms with van der Waals surface area (Å²) in [5.41, 5.74) is 2.27. The van der Waals surface area contributed by atoms with E-state index in [1.807, 2.05) is 18.2 Å². The average molecular weight is 275 g/mol. The number of rotatable bonds is 6. The maximum atomic E-state index is 10.3. The maximum absolute atomic E-state index is 10.3. The standard InChI is InChI=1S/C18H29NO/c1-15-8-6-7-11-17(15)18(20)12-13-19(2)14-16-9-4-3-5-10-16/h6-8,11,16,18,20H,3-5,9-10,12-14H2,1-2H3. The highest BCUT2D eigenvalue weighted by atomic mass is 16.3. The largest absolute Gasteiger partial charge is 0.388 e. The molecule has 1 aliphatic rings. The summed E-state index contributed by atoms with van der Waals surface area (Å²) in [6, 6.07) is 8.16. The van der Waals surface area contributed by atoms with Crippen molar-refractivity contribution in [3.05, 3.63) is 35.4 Å². The second-order valence-electron chi connectivity index (χ2n) is 6.43. The van der Waals surface area contributed by atoms with Crippen molar-refractivity contribution in [3.8, 4) is 0 Å². The van der Waals surface area contributed by atoms with Gasteiger partial charge in [-0.1, -0.05) is 43.5 Å². The molecule has 1 fully saturated rings. The van der Waals surface area contributed by atoms with Gasteiger partial charge >= 0.3 is 0 Å². The molecule has 20 heavy (non-hydrogen) atoms. The van der Waals surface area contributed by atoms with Crippen LogP contribution in [-0.4, -0.2) is 30.1 Å². The summed E-state index contributed by atoms with van der Waals surface area (Å²) in [5, 5.41) is 10.3. The molecular formula is C18H29NO. The molecule has 1 aromatic carbocycles. The zero-order valence-electron chi connectivity index (χ0n) is 13.0. The third-order valence-electron chi connectivity index (χ3n) is 4.63. The number of hydrogen-bond acceptors (Lipinski definition) is 2. The lowest BCUT2D eigenvalue weighted by Crippen LogP contribution is -2.28. The molecule has 0 radical (unpaired) electrons. The van der Waals surface area contributed by atoms with Crippen molar-refractivity contribution < 1.29 is 5.11 Å². The quantitative estimate of drug-likeness (QED) is 0.850. The second-order valence-corrected chi connectivity index (χ2v) is 6.43. The molecule has 1 atom stereocenters. The van der Waals surface area contributed by atoms with Gasteiger partial charge in [-0.2, -0.15) is 0 Å². The first-order valence-electron chi connectivity index (χ1n) is 8.09. The third kappa shape index (κ3) is 4.60. The predicted octanol–water partition coefficient (Wildman–Crippen LogP) is 3.93.